The zero-order valence-corrected chi connectivity index (χ0v) is 15.9. The number of hydrogen-bond acceptors (Lipinski definition) is 4. The van der Waals surface area contributed by atoms with Crippen molar-refractivity contribution in [3.8, 4) is 0 Å². The summed E-state index contributed by atoms with van der Waals surface area (Å²) in [4.78, 5) is 36.9. The van der Waals surface area contributed by atoms with Gasteiger partial charge in [-0.2, -0.15) is 0 Å². The number of carbonyl (C=O) groups is 3. The summed E-state index contributed by atoms with van der Waals surface area (Å²) in [5.74, 6) is -1.65. The highest BCUT2D eigenvalue weighted by atomic mass is 32.1. The SMILES string of the molecule is Cc1ccc(NC(=O)c2c(NC(=O)CCC(=O)O)sc3c2CCCC3)cc1. The van der Waals surface area contributed by atoms with E-state index in [0.29, 0.717) is 16.3 Å². The van der Waals surface area contributed by atoms with Gasteiger partial charge in [0.05, 0.1) is 12.0 Å². The highest BCUT2D eigenvalue weighted by Crippen LogP contribution is 2.38. The molecule has 2 aromatic rings. The Kier molecular flexibility index (Phi) is 5.91. The average Bonchev–Trinajstić information content (AvgIpc) is 2.99. The monoisotopic (exact) mass is 386 g/mol. The molecule has 142 valence electrons. The summed E-state index contributed by atoms with van der Waals surface area (Å²) in [6.07, 6.45) is 3.45. The molecule has 1 heterocycles. The van der Waals surface area contributed by atoms with Gasteiger partial charge in [-0.3, -0.25) is 14.4 Å². The van der Waals surface area contributed by atoms with Crippen molar-refractivity contribution >= 4 is 39.8 Å². The third-order valence-electron chi connectivity index (χ3n) is 4.53. The van der Waals surface area contributed by atoms with Gasteiger partial charge >= 0.3 is 5.97 Å². The van der Waals surface area contributed by atoms with Crippen LogP contribution in [0.2, 0.25) is 0 Å². The first-order chi connectivity index (χ1) is 12.9. The van der Waals surface area contributed by atoms with E-state index >= 15 is 0 Å². The van der Waals surface area contributed by atoms with E-state index in [1.165, 1.54) is 11.3 Å². The smallest absolute Gasteiger partial charge is 0.303 e. The van der Waals surface area contributed by atoms with Crippen molar-refractivity contribution in [2.24, 2.45) is 0 Å². The number of hydrogen-bond donors (Lipinski definition) is 3. The highest BCUT2D eigenvalue weighted by Gasteiger charge is 2.26. The fraction of sp³-hybridized carbons (Fsp3) is 0.350. The van der Waals surface area contributed by atoms with Gasteiger partial charge < -0.3 is 15.7 Å². The normalized spacial score (nSPS) is 12.9. The molecule has 0 unspecified atom stereocenters. The molecular weight excluding hydrogens is 364 g/mol. The molecule has 0 spiro atoms. The number of rotatable bonds is 6. The van der Waals surface area contributed by atoms with Gasteiger partial charge in [0.2, 0.25) is 5.91 Å². The van der Waals surface area contributed by atoms with Crippen molar-refractivity contribution < 1.29 is 19.5 Å². The molecule has 7 heteroatoms. The first-order valence-electron chi connectivity index (χ1n) is 8.98. The van der Waals surface area contributed by atoms with Gasteiger partial charge in [0, 0.05) is 17.0 Å². The molecule has 0 saturated carbocycles. The predicted octanol–water partition coefficient (Wildman–Crippen LogP) is 3.99. The number of thiophene rings is 1. The number of carboxylic acid groups (broad SMARTS) is 1. The molecule has 0 fully saturated rings. The zero-order chi connectivity index (χ0) is 19.4. The quantitative estimate of drug-likeness (QED) is 0.699. The Morgan fingerprint density at radius 3 is 2.44 bits per heavy atom. The van der Waals surface area contributed by atoms with Crippen LogP contribution in [-0.4, -0.2) is 22.9 Å². The maximum Gasteiger partial charge on any atom is 0.303 e. The largest absolute Gasteiger partial charge is 0.481 e. The Hall–Kier alpha value is -2.67. The lowest BCUT2D eigenvalue weighted by atomic mass is 9.95. The van der Waals surface area contributed by atoms with Crippen LogP contribution >= 0.6 is 11.3 Å². The van der Waals surface area contributed by atoms with Crippen LogP contribution < -0.4 is 10.6 Å². The summed E-state index contributed by atoms with van der Waals surface area (Å²) in [6, 6.07) is 7.54. The van der Waals surface area contributed by atoms with Gasteiger partial charge in [0.25, 0.3) is 5.91 Å². The van der Waals surface area contributed by atoms with E-state index in [-0.39, 0.29) is 24.7 Å². The minimum atomic E-state index is -1.02. The van der Waals surface area contributed by atoms with Crippen LogP contribution in [0.3, 0.4) is 0 Å². The molecule has 2 amide bonds. The summed E-state index contributed by atoms with van der Waals surface area (Å²) in [6.45, 7) is 1.98. The number of carbonyl (C=O) groups excluding carboxylic acids is 2. The molecule has 0 bridgehead atoms. The van der Waals surface area contributed by atoms with Gasteiger partial charge in [-0.15, -0.1) is 11.3 Å². The van der Waals surface area contributed by atoms with Crippen molar-refractivity contribution in [1.82, 2.24) is 0 Å². The first-order valence-corrected chi connectivity index (χ1v) is 9.80. The molecule has 0 atom stereocenters. The second kappa shape index (κ2) is 8.35. The molecule has 1 aromatic heterocycles. The lowest BCUT2D eigenvalue weighted by Gasteiger charge is -2.13. The molecule has 1 aromatic carbocycles. The highest BCUT2D eigenvalue weighted by molar-refractivity contribution is 7.17. The molecule has 1 aliphatic rings. The van der Waals surface area contributed by atoms with E-state index in [1.54, 1.807) is 0 Å². The summed E-state index contributed by atoms with van der Waals surface area (Å²) in [5, 5.41) is 14.9. The third kappa shape index (κ3) is 4.74. The molecule has 1 aliphatic carbocycles. The predicted molar refractivity (Wildman–Crippen MR) is 106 cm³/mol. The molecule has 0 saturated heterocycles. The van der Waals surface area contributed by atoms with Crippen LogP contribution in [0.5, 0.6) is 0 Å². The summed E-state index contributed by atoms with van der Waals surface area (Å²) in [5.41, 5.74) is 3.32. The fourth-order valence-electron chi connectivity index (χ4n) is 3.13. The number of amides is 2. The summed E-state index contributed by atoms with van der Waals surface area (Å²) >= 11 is 1.43. The molecule has 27 heavy (non-hydrogen) atoms. The van der Waals surface area contributed by atoms with Crippen molar-refractivity contribution in [3.05, 3.63) is 45.8 Å². The van der Waals surface area contributed by atoms with E-state index in [1.807, 2.05) is 31.2 Å². The van der Waals surface area contributed by atoms with Crippen molar-refractivity contribution in [2.45, 2.75) is 45.4 Å². The van der Waals surface area contributed by atoms with E-state index in [2.05, 4.69) is 10.6 Å². The molecular formula is C20H22N2O4S. The average molecular weight is 386 g/mol. The van der Waals surface area contributed by atoms with Gasteiger partial charge in [-0.1, -0.05) is 17.7 Å². The molecule has 3 N–H and O–H groups in total. The van der Waals surface area contributed by atoms with Crippen LogP contribution in [0.4, 0.5) is 10.7 Å². The standard InChI is InChI=1S/C20H22N2O4S/c1-12-6-8-13(9-7-12)21-19(26)18-14-4-2-3-5-15(14)27-20(18)22-16(23)10-11-17(24)25/h6-9H,2-5,10-11H2,1H3,(H,21,26)(H,22,23)(H,24,25). The number of nitrogens with one attached hydrogen (secondary N) is 2. The Labute approximate surface area is 161 Å². The lowest BCUT2D eigenvalue weighted by Crippen LogP contribution is -2.19. The van der Waals surface area contributed by atoms with Gasteiger partial charge in [0.1, 0.15) is 5.00 Å². The van der Waals surface area contributed by atoms with E-state index in [4.69, 9.17) is 5.11 Å². The second-order valence-electron chi connectivity index (χ2n) is 6.68. The van der Waals surface area contributed by atoms with Crippen LogP contribution in [0.15, 0.2) is 24.3 Å². The lowest BCUT2D eigenvalue weighted by molar-refractivity contribution is -0.138. The minimum absolute atomic E-state index is 0.114. The van der Waals surface area contributed by atoms with Crippen molar-refractivity contribution in [2.75, 3.05) is 10.6 Å². The van der Waals surface area contributed by atoms with E-state index in [9.17, 15) is 14.4 Å². The molecule has 3 rings (SSSR count). The third-order valence-corrected chi connectivity index (χ3v) is 5.73. The summed E-state index contributed by atoms with van der Waals surface area (Å²) in [7, 11) is 0. The van der Waals surface area contributed by atoms with Gasteiger partial charge in [0.15, 0.2) is 0 Å². The van der Waals surface area contributed by atoms with Crippen LogP contribution in [0.25, 0.3) is 0 Å². The Morgan fingerprint density at radius 1 is 1.04 bits per heavy atom. The number of benzene rings is 1. The Bertz CT molecular complexity index is 871. The second-order valence-corrected chi connectivity index (χ2v) is 7.78. The minimum Gasteiger partial charge on any atom is -0.481 e. The number of aryl methyl sites for hydroxylation is 2. The number of anilines is 2. The van der Waals surface area contributed by atoms with E-state index < -0.39 is 5.97 Å². The van der Waals surface area contributed by atoms with Crippen LogP contribution in [0, 0.1) is 6.92 Å². The Morgan fingerprint density at radius 2 is 1.74 bits per heavy atom. The van der Waals surface area contributed by atoms with Gasteiger partial charge in [-0.05, 0) is 50.3 Å². The van der Waals surface area contributed by atoms with Gasteiger partial charge in [-0.25, -0.2) is 0 Å². The fourth-order valence-corrected chi connectivity index (χ4v) is 4.44. The Balaban J connectivity index is 1.84. The van der Waals surface area contributed by atoms with Crippen molar-refractivity contribution in [1.29, 1.82) is 0 Å². The number of aliphatic carboxylic acids is 1. The van der Waals surface area contributed by atoms with Crippen LogP contribution in [0.1, 0.15) is 52.0 Å². The molecule has 6 nitrogen and oxygen atoms in total. The van der Waals surface area contributed by atoms with Crippen LogP contribution in [-0.2, 0) is 22.4 Å². The topological polar surface area (TPSA) is 95.5 Å². The maximum absolute atomic E-state index is 13.0. The maximum atomic E-state index is 13.0. The molecule has 0 aliphatic heterocycles. The number of fused-ring (bicyclic) bond motifs is 1. The van der Waals surface area contributed by atoms with E-state index in [0.717, 1.165) is 41.7 Å². The molecule has 0 radical (unpaired) electrons. The summed E-state index contributed by atoms with van der Waals surface area (Å²) < 4.78 is 0. The zero-order valence-electron chi connectivity index (χ0n) is 15.1. The van der Waals surface area contributed by atoms with Crippen molar-refractivity contribution in [3.63, 3.8) is 0 Å². The number of carboxylic acids is 1. The first kappa shape index (κ1) is 19.1.